The van der Waals surface area contributed by atoms with Crippen molar-refractivity contribution in [1.29, 1.82) is 5.26 Å². The van der Waals surface area contributed by atoms with E-state index in [1.807, 2.05) is 12.1 Å². The molecule has 7 heteroatoms. The SMILES string of the molecule is C=CCOc1ccc(/C=C(\C#N)C(=O)Nc2ccc(Cl)c(Cl)c2)cc1I. The van der Waals surface area contributed by atoms with Gasteiger partial charge in [0.15, 0.2) is 0 Å². The first-order chi connectivity index (χ1) is 12.4. The highest BCUT2D eigenvalue weighted by Crippen LogP contribution is 2.26. The number of ether oxygens (including phenoxy) is 1. The molecule has 1 N–H and O–H groups in total. The van der Waals surface area contributed by atoms with Gasteiger partial charge in [-0.05, 0) is 64.6 Å². The fourth-order valence-electron chi connectivity index (χ4n) is 1.96. The van der Waals surface area contributed by atoms with E-state index in [4.69, 9.17) is 27.9 Å². The number of rotatable bonds is 6. The smallest absolute Gasteiger partial charge is 0.266 e. The van der Waals surface area contributed by atoms with Crippen molar-refractivity contribution in [2.75, 3.05) is 11.9 Å². The Morgan fingerprint density at radius 3 is 2.65 bits per heavy atom. The van der Waals surface area contributed by atoms with Crippen LogP contribution in [0, 0.1) is 14.9 Å². The zero-order chi connectivity index (χ0) is 19.1. The van der Waals surface area contributed by atoms with Crippen molar-refractivity contribution in [3.8, 4) is 11.8 Å². The topological polar surface area (TPSA) is 62.1 Å². The molecule has 0 aliphatic carbocycles. The van der Waals surface area contributed by atoms with Gasteiger partial charge < -0.3 is 10.1 Å². The van der Waals surface area contributed by atoms with Crippen LogP contribution in [0.1, 0.15) is 5.56 Å². The molecular formula is C19H13Cl2IN2O2. The van der Waals surface area contributed by atoms with Crippen molar-refractivity contribution < 1.29 is 9.53 Å². The van der Waals surface area contributed by atoms with Gasteiger partial charge in [-0.25, -0.2) is 0 Å². The highest BCUT2D eigenvalue weighted by Gasteiger charge is 2.11. The first-order valence-corrected chi connectivity index (χ1v) is 9.19. The van der Waals surface area contributed by atoms with Crippen LogP contribution in [-0.4, -0.2) is 12.5 Å². The second-order valence-corrected chi connectivity index (χ2v) is 7.02. The highest BCUT2D eigenvalue weighted by molar-refractivity contribution is 14.1. The van der Waals surface area contributed by atoms with E-state index in [2.05, 4.69) is 34.5 Å². The van der Waals surface area contributed by atoms with Gasteiger partial charge in [-0.15, -0.1) is 0 Å². The maximum Gasteiger partial charge on any atom is 0.266 e. The summed E-state index contributed by atoms with van der Waals surface area (Å²) >= 11 is 13.9. The minimum Gasteiger partial charge on any atom is -0.488 e. The lowest BCUT2D eigenvalue weighted by molar-refractivity contribution is -0.112. The van der Waals surface area contributed by atoms with E-state index in [0.717, 1.165) is 3.57 Å². The monoisotopic (exact) mass is 498 g/mol. The summed E-state index contributed by atoms with van der Waals surface area (Å²) in [6.45, 7) is 4.01. The second kappa shape index (κ2) is 9.62. The van der Waals surface area contributed by atoms with E-state index < -0.39 is 5.91 Å². The number of hydrogen-bond donors (Lipinski definition) is 1. The van der Waals surface area contributed by atoms with Gasteiger partial charge in [-0.3, -0.25) is 4.79 Å². The average molecular weight is 499 g/mol. The molecule has 0 bridgehead atoms. The van der Waals surface area contributed by atoms with Crippen molar-refractivity contribution in [3.63, 3.8) is 0 Å². The Kier molecular flexibility index (Phi) is 7.51. The molecule has 132 valence electrons. The molecule has 0 saturated carbocycles. The van der Waals surface area contributed by atoms with Crippen LogP contribution in [0.5, 0.6) is 5.75 Å². The fraction of sp³-hybridized carbons (Fsp3) is 0.0526. The lowest BCUT2D eigenvalue weighted by atomic mass is 10.1. The molecule has 0 aromatic heterocycles. The summed E-state index contributed by atoms with van der Waals surface area (Å²) < 4.78 is 6.37. The van der Waals surface area contributed by atoms with Gasteiger partial charge in [-0.2, -0.15) is 5.26 Å². The van der Waals surface area contributed by atoms with Crippen LogP contribution in [0.25, 0.3) is 6.08 Å². The van der Waals surface area contributed by atoms with Crippen molar-refractivity contribution in [2.24, 2.45) is 0 Å². The molecular weight excluding hydrogens is 486 g/mol. The molecule has 0 aliphatic rings. The maximum atomic E-state index is 12.3. The predicted octanol–water partition coefficient (Wildman–Crippen LogP) is 5.71. The Balaban J connectivity index is 2.19. The third-order valence-electron chi connectivity index (χ3n) is 3.17. The molecule has 0 spiro atoms. The number of benzene rings is 2. The van der Waals surface area contributed by atoms with Crippen LogP contribution in [0.15, 0.2) is 54.6 Å². The van der Waals surface area contributed by atoms with Crippen LogP contribution in [0.3, 0.4) is 0 Å². The van der Waals surface area contributed by atoms with Gasteiger partial charge in [0.2, 0.25) is 0 Å². The normalized spacial score (nSPS) is 10.8. The Labute approximate surface area is 175 Å². The molecule has 1 amide bonds. The summed E-state index contributed by atoms with van der Waals surface area (Å²) in [5, 5.41) is 12.6. The molecule has 0 radical (unpaired) electrons. The lowest BCUT2D eigenvalue weighted by Gasteiger charge is -2.07. The minimum atomic E-state index is -0.534. The van der Waals surface area contributed by atoms with Gasteiger partial charge in [0.25, 0.3) is 5.91 Å². The standard InChI is InChI=1S/C19H13Cl2IN2O2/c1-2-7-26-18-6-3-12(9-17(18)22)8-13(11-23)19(25)24-14-4-5-15(20)16(21)10-14/h2-6,8-10H,1,7H2,(H,24,25)/b13-8+. The number of carbonyl (C=O) groups excluding carboxylic acids is 1. The van der Waals surface area contributed by atoms with Gasteiger partial charge in [0.05, 0.1) is 13.6 Å². The summed E-state index contributed by atoms with van der Waals surface area (Å²) in [7, 11) is 0. The number of anilines is 1. The molecule has 0 unspecified atom stereocenters. The van der Waals surface area contributed by atoms with Crippen molar-refractivity contribution in [1.82, 2.24) is 0 Å². The van der Waals surface area contributed by atoms with Crippen molar-refractivity contribution >= 4 is 63.5 Å². The summed E-state index contributed by atoms with van der Waals surface area (Å²) in [6, 6.07) is 12.0. The molecule has 2 aromatic carbocycles. The molecule has 0 atom stereocenters. The molecule has 0 fully saturated rings. The molecule has 0 aliphatic heterocycles. The molecule has 0 saturated heterocycles. The van der Waals surface area contributed by atoms with E-state index in [1.54, 1.807) is 30.3 Å². The van der Waals surface area contributed by atoms with Crippen LogP contribution in [0.2, 0.25) is 10.0 Å². The molecule has 26 heavy (non-hydrogen) atoms. The molecule has 4 nitrogen and oxygen atoms in total. The van der Waals surface area contributed by atoms with E-state index in [1.165, 1.54) is 12.1 Å². The number of halogens is 3. The quantitative estimate of drug-likeness (QED) is 0.240. The first kappa shape index (κ1) is 20.3. The fourth-order valence-corrected chi connectivity index (χ4v) is 2.95. The number of carbonyl (C=O) groups is 1. The van der Waals surface area contributed by atoms with Gasteiger partial charge in [0.1, 0.15) is 24.0 Å². The third-order valence-corrected chi connectivity index (χ3v) is 4.75. The Hall–Kier alpha value is -2.01. The van der Waals surface area contributed by atoms with E-state index >= 15 is 0 Å². The van der Waals surface area contributed by atoms with Gasteiger partial charge in [-0.1, -0.05) is 41.9 Å². The molecule has 0 heterocycles. The Bertz CT molecular complexity index is 920. The maximum absolute atomic E-state index is 12.3. The van der Waals surface area contributed by atoms with Crippen molar-refractivity contribution in [3.05, 3.63) is 73.8 Å². The molecule has 2 aromatic rings. The Morgan fingerprint density at radius 2 is 2.04 bits per heavy atom. The van der Waals surface area contributed by atoms with E-state index in [0.29, 0.717) is 33.7 Å². The largest absolute Gasteiger partial charge is 0.488 e. The predicted molar refractivity (Wildman–Crippen MR) is 114 cm³/mol. The summed E-state index contributed by atoms with van der Waals surface area (Å²) in [6.07, 6.45) is 3.16. The lowest BCUT2D eigenvalue weighted by Crippen LogP contribution is -2.13. The summed E-state index contributed by atoms with van der Waals surface area (Å²) in [5.41, 5.74) is 1.13. The zero-order valence-corrected chi connectivity index (χ0v) is 17.1. The van der Waals surface area contributed by atoms with Crippen molar-refractivity contribution in [2.45, 2.75) is 0 Å². The summed E-state index contributed by atoms with van der Waals surface area (Å²) in [4.78, 5) is 12.3. The van der Waals surface area contributed by atoms with Crippen LogP contribution in [-0.2, 0) is 4.79 Å². The van der Waals surface area contributed by atoms with E-state index in [-0.39, 0.29) is 5.57 Å². The minimum absolute atomic E-state index is 0.0355. The highest BCUT2D eigenvalue weighted by atomic mass is 127. The number of nitrogens with one attached hydrogen (secondary N) is 1. The summed E-state index contributed by atoms with van der Waals surface area (Å²) in [5.74, 6) is 0.175. The third kappa shape index (κ3) is 5.49. The second-order valence-electron chi connectivity index (χ2n) is 5.04. The van der Waals surface area contributed by atoms with Gasteiger partial charge in [0, 0.05) is 5.69 Å². The van der Waals surface area contributed by atoms with Crippen LogP contribution >= 0.6 is 45.8 Å². The number of hydrogen-bond acceptors (Lipinski definition) is 3. The van der Waals surface area contributed by atoms with E-state index in [9.17, 15) is 10.1 Å². The Morgan fingerprint density at radius 1 is 1.27 bits per heavy atom. The first-order valence-electron chi connectivity index (χ1n) is 7.36. The van der Waals surface area contributed by atoms with Crippen LogP contribution < -0.4 is 10.1 Å². The number of nitriles is 1. The van der Waals surface area contributed by atoms with Gasteiger partial charge >= 0.3 is 0 Å². The number of amides is 1. The average Bonchev–Trinajstić information content (AvgIpc) is 2.62. The zero-order valence-electron chi connectivity index (χ0n) is 13.4. The van der Waals surface area contributed by atoms with Crippen LogP contribution in [0.4, 0.5) is 5.69 Å². The number of nitrogens with zero attached hydrogens (tertiary/aromatic N) is 1. The molecule has 2 rings (SSSR count).